The normalized spacial score (nSPS) is 9.25. The highest BCUT2D eigenvalue weighted by molar-refractivity contribution is 5.94. The number of rotatable bonds is 6. The zero-order chi connectivity index (χ0) is 12.4. The van der Waals surface area contributed by atoms with Crippen LogP contribution in [0, 0.1) is 5.92 Å². The van der Waals surface area contributed by atoms with E-state index in [0.717, 1.165) is 12.8 Å². The molecule has 0 aromatic heterocycles. The molecule has 0 radical (unpaired) electrons. The first-order chi connectivity index (χ1) is 7.67. The second kappa shape index (κ2) is 8.74. The van der Waals surface area contributed by atoms with E-state index in [-0.39, 0.29) is 0 Å². The van der Waals surface area contributed by atoms with E-state index in [1.54, 1.807) is 6.08 Å². The first-order valence-electron chi connectivity index (χ1n) is 5.18. The lowest BCUT2D eigenvalue weighted by Gasteiger charge is -2.11. The van der Waals surface area contributed by atoms with E-state index >= 15 is 0 Å². The molecule has 4 nitrogen and oxygen atoms in total. The van der Waals surface area contributed by atoms with Crippen molar-refractivity contribution in [1.29, 1.82) is 0 Å². The highest BCUT2D eigenvalue weighted by Crippen LogP contribution is 2.12. The maximum atomic E-state index is 11.3. The number of carbonyl (C=O) groups is 2. The van der Waals surface area contributed by atoms with E-state index in [4.69, 9.17) is 0 Å². The second-order valence-electron chi connectivity index (χ2n) is 3.19. The first kappa shape index (κ1) is 14.5. The number of hydrogen-bond acceptors (Lipinski definition) is 4. The van der Waals surface area contributed by atoms with E-state index in [9.17, 15) is 9.59 Å². The number of unbranched alkanes of at least 4 members (excludes halogenated alkanes) is 1. The molecule has 0 aliphatic heterocycles. The maximum Gasteiger partial charge on any atom is 0.320 e. The first-order valence-corrected chi connectivity index (χ1v) is 5.18. The largest absolute Gasteiger partial charge is 0.468 e. The average Bonchev–Trinajstić information content (AvgIpc) is 2.32. The Bertz CT molecular complexity index is 271. The van der Waals surface area contributed by atoms with E-state index < -0.39 is 17.9 Å². The summed E-state index contributed by atoms with van der Waals surface area (Å²) in [6.07, 6.45) is 5.59. The fourth-order valence-electron chi connectivity index (χ4n) is 1.24. The fraction of sp³-hybridized carbons (Fsp3) is 0.583. The summed E-state index contributed by atoms with van der Waals surface area (Å²) in [6.45, 7) is 1.88. The van der Waals surface area contributed by atoms with E-state index in [1.165, 1.54) is 14.2 Å². The molecule has 0 saturated carbocycles. The Morgan fingerprint density at radius 2 is 1.81 bits per heavy atom. The average molecular weight is 226 g/mol. The van der Waals surface area contributed by atoms with Gasteiger partial charge in [0, 0.05) is 0 Å². The molecule has 0 saturated heterocycles. The van der Waals surface area contributed by atoms with Gasteiger partial charge in [0.2, 0.25) is 0 Å². The Morgan fingerprint density at radius 1 is 1.25 bits per heavy atom. The number of hydrogen-bond donors (Lipinski definition) is 0. The molecule has 0 aliphatic rings. The van der Waals surface area contributed by atoms with Crippen LogP contribution in [-0.4, -0.2) is 26.2 Å². The molecule has 0 bridgehead atoms. The van der Waals surface area contributed by atoms with Crippen molar-refractivity contribution in [3.63, 3.8) is 0 Å². The summed E-state index contributed by atoms with van der Waals surface area (Å²) in [4.78, 5) is 22.6. The van der Waals surface area contributed by atoms with Crippen molar-refractivity contribution in [1.82, 2.24) is 0 Å². The van der Waals surface area contributed by atoms with E-state index in [0.29, 0.717) is 6.42 Å². The molecule has 4 heteroatoms. The summed E-state index contributed by atoms with van der Waals surface area (Å²) in [5.74, 6) is -1.89. The third-order valence-corrected chi connectivity index (χ3v) is 2.10. The Kier molecular flexibility index (Phi) is 7.90. The molecule has 0 unspecified atom stereocenters. The lowest BCUT2D eigenvalue weighted by molar-refractivity contribution is -0.159. The fourth-order valence-corrected chi connectivity index (χ4v) is 1.24. The van der Waals surface area contributed by atoms with Gasteiger partial charge in [-0.05, 0) is 38.3 Å². The molecule has 0 fully saturated rings. The zero-order valence-electron chi connectivity index (χ0n) is 9.99. The molecule has 0 atom stereocenters. The van der Waals surface area contributed by atoms with Crippen LogP contribution in [0.1, 0.15) is 26.2 Å². The molecule has 0 spiro atoms. The van der Waals surface area contributed by atoms with Gasteiger partial charge in [-0.3, -0.25) is 9.59 Å². The molecular weight excluding hydrogens is 208 g/mol. The van der Waals surface area contributed by atoms with Gasteiger partial charge in [-0.1, -0.05) is 0 Å². The Morgan fingerprint density at radius 3 is 2.25 bits per heavy atom. The van der Waals surface area contributed by atoms with E-state index in [2.05, 4.69) is 15.2 Å². The van der Waals surface area contributed by atoms with Crippen molar-refractivity contribution in [2.24, 2.45) is 5.92 Å². The quantitative estimate of drug-likeness (QED) is 0.300. The molecule has 0 aliphatic carbocycles. The molecular formula is C12H18O4. The number of methoxy groups -OCH3 is 2. The van der Waals surface area contributed by atoms with Crippen molar-refractivity contribution >= 4 is 11.9 Å². The van der Waals surface area contributed by atoms with Crippen LogP contribution in [-0.2, 0) is 19.1 Å². The van der Waals surface area contributed by atoms with Gasteiger partial charge in [-0.15, -0.1) is 5.73 Å². The van der Waals surface area contributed by atoms with Crippen molar-refractivity contribution in [2.45, 2.75) is 26.2 Å². The predicted octanol–water partition coefficient (Wildman–Crippen LogP) is 1.85. The second-order valence-corrected chi connectivity index (χ2v) is 3.19. The van der Waals surface area contributed by atoms with Gasteiger partial charge in [-0.25, -0.2) is 0 Å². The van der Waals surface area contributed by atoms with Crippen molar-refractivity contribution in [3.8, 4) is 0 Å². The minimum absolute atomic E-state index is 0.432. The summed E-state index contributed by atoms with van der Waals surface area (Å²) < 4.78 is 9.08. The van der Waals surface area contributed by atoms with Gasteiger partial charge in [0.25, 0.3) is 0 Å². The van der Waals surface area contributed by atoms with Gasteiger partial charge in [0.15, 0.2) is 5.92 Å². The van der Waals surface area contributed by atoms with Crippen molar-refractivity contribution < 1.29 is 19.1 Å². The molecule has 0 heterocycles. The van der Waals surface area contributed by atoms with Gasteiger partial charge in [0.1, 0.15) is 0 Å². The highest BCUT2D eigenvalue weighted by Gasteiger charge is 2.27. The Hall–Kier alpha value is -1.54. The monoisotopic (exact) mass is 226 g/mol. The van der Waals surface area contributed by atoms with Crippen molar-refractivity contribution in [3.05, 3.63) is 17.9 Å². The third-order valence-electron chi connectivity index (χ3n) is 2.10. The van der Waals surface area contributed by atoms with E-state index in [1.807, 2.05) is 13.0 Å². The van der Waals surface area contributed by atoms with Gasteiger partial charge < -0.3 is 9.47 Å². The molecule has 0 N–H and O–H groups in total. The third kappa shape index (κ3) is 5.37. The minimum Gasteiger partial charge on any atom is -0.468 e. The summed E-state index contributed by atoms with van der Waals surface area (Å²) >= 11 is 0. The minimum atomic E-state index is -0.811. The SMILES string of the molecule is CC=C=CCCCC(C(=O)OC)C(=O)OC. The van der Waals surface area contributed by atoms with Crippen LogP contribution in [0.5, 0.6) is 0 Å². The Labute approximate surface area is 95.9 Å². The summed E-state index contributed by atoms with van der Waals surface area (Å²) in [6, 6.07) is 0. The van der Waals surface area contributed by atoms with Gasteiger partial charge >= 0.3 is 11.9 Å². The smallest absolute Gasteiger partial charge is 0.320 e. The maximum absolute atomic E-state index is 11.3. The lowest BCUT2D eigenvalue weighted by Crippen LogP contribution is -2.26. The molecule has 0 rings (SSSR count). The van der Waals surface area contributed by atoms with Crippen molar-refractivity contribution in [2.75, 3.05) is 14.2 Å². The van der Waals surface area contributed by atoms with Crippen LogP contribution in [0.2, 0.25) is 0 Å². The molecule has 0 amide bonds. The topological polar surface area (TPSA) is 52.6 Å². The number of allylic oxidation sites excluding steroid dienone is 1. The number of carbonyl (C=O) groups excluding carboxylic acids is 2. The zero-order valence-corrected chi connectivity index (χ0v) is 9.99. The molecule has 0 aromatic carbocycles. The van der Waals surface area contributed by atoms with Crippen LogP contribution in [0.3, 0.4) is 0 Å². The molecule has 16 heavy (non-hydrogen) atoms. The predicted molar refractivity (Wildman–Crippen MR) is 59.7 cm³/mol. The summed E-state index contributed by atoms with van der Waals surface area (Å²) in [7, 11) is 2.52. The molecule has 0 aromatic rings. The highest BCUT2D eigenvalue weighted by atomic mass is 16.5. The lowest BCUT2D eigenvalue weighted by atomic mass is 10.0. The Balaban J connectivity index is 4.17. The van der Waals surface area contributed by atoms with Crippen LogP contribution in [0.25, 0.3) is 0 Å². The summed E-state index contributed by atoms with van der Waals surface area (Å²) in [5.41, 5.74) is 2.93. The van der Waals surface area contributed by atoms with Gasteiger partial charge in [0.05, 0.1) is 14.2 Å². The number of ether oxygens (including phenoxy) is 2. The number of esters is 2. The van der Waals surface area contributed by atoms with Crippen LogP contribution >= 0.6 is 0 Å². The van der Waals surface area contributed by atoms with Gasteiger partial charge in [-0.2, -0.15) is 0 Å². The standard InChI is InChI=1S/C12H18O4/c1-4-5-6-7-8-9-10(11(13)15-2)12(14)16-3/h4,6,10H,7-9H2,1-3H3. The van der Waals surface area contributed by atoms with Crippen LogP contribution < -0.4 is 0 Å². The summed E-state index contributed by atoms with van der Waals surface area (Å²) in [5, 5.41) is 0. The van der Waals surface area contributed by atoms with Crippen LogP contribution in [0.15, 0.2) is 17.9 Å². The van der Waals surface area contributed by atoms with Crippen LogP contribution in [0.4, 0.5) is 0 Å². The molecule has 90 valence electrons.